The maximum atomic E-state index is 14.1. The average molecular weight is 437 g/mol. The Morgan fingerprint density at radius 3 is 1.70 bits per heavy atom. The van der Waals surface area contributed by atoms with Crippen LogP contribution in [0.15, 0.2) is 42.5 Å². The second kappa shape index (κ2) is 10.7. The van der Waals surface area contributed by atoms with Crippen LogP contribution in [-0.4, -0.2) is 33.5 Å². The smallest absolute Gasteiger partial charge is 0.357 e. The molecule has 2 rings (SSSR count). The fourth-order valence-corrected chi connectivity index (χ4v) is 5.32. The van der Waals surface area contributed by atoms with Crippen LogP contribution in [0.1, 0.15) is 39.0 Å². The molecule has 0 aliphatic carbocycles. The second-order valence-electron chi connectivity index (χ2n) is 7.22. The topological polar surface area (TPSA) is 75.3 Å². The monoisotopic (exact) mass is 437 g/mol. The van der Waals surface area contributed by atoms with Crippen LogP contribution >= 0.6 is 7.60 Å². The number of hydrogen-bond acceptors (Lipinski definition) is 7. The maximum Gasteiger partial charge on any atom is 0.357 e. The minimum absolute atomic E-state index is 0.309. The van der Waals surface area contributed by atoms with Gasteiger partial charge in [-0.3, -0.25) is 4.57 Å². The van der Waals surface area contributed by atoms with Crippen LogP contribution in [0.4, 0.5) is 5.69 Å². The number of hydrogen-bond donors (Lipinski definition) is 1. The van der Waals surface area contributed by atoms with Crippen molar-refractivity contribution >= 4 is 13.3 Å². The Labute approximate surface area is 179 Å². The van der Waals surface area contributed by atoms with Gasteiger partial charge in [-0.15, -0.1) is 0 Å². The Morgan fingerprint density at radius 1 is 0.800 bits per heavy atom. The third-order valence-corrected chi connectivity index (χ3v) is 6.60. The van der Waals surface area contributed by atoms with Crippen molar-refractivity contribution in [2.24, 2.45) is 0 Å². The summed E-state index contributed by atoms with van der Waals surface area (Å²) in [6.45, 7) is 7.30. The number of rotatable bonds is 11. The molecule has 0 amide bonds. The lowest BCUT2D eigenvalue weighted by Gasteiger charge is -2.31. The number of para-hydroxylation sites is 1. The Balaban J connectivity index is 2.67. The zero-order valence-corrected chi connectivity index (χ0v) is 19.6. The molecular weight excluding hydrogens is 405 g/mol. The predicted octanol–water partition coefficient (Wildman–Crippen LogP) is 5.87. The van der Waals surface area contributed by atoms with Crippen molar-refractivity contribution < 1.29 is 27.8 Å². The lowest BCUT2D eigenvalue weighted by Crippen LogP contribution is -2.19. The summed E-state index contributed by atoms with van der Waals surface area (Å²) in [6.07, 6.45) is -0.617. The number of methoxy groups -OCH3 is 3. The molecule has 0 bridgehead atoms. The highest BCUT2D eigenvalue weighted by molar-refractivity contribution is 7.54. The average Bonchev–Trinajstić information content (AvgIpc) is 2.70. The van der Waals surface area contributed by atoms with Gasteiger partial charge < -0.3 is 28.6 Å². The number of ether oxygens (including phenoxy) is 3. The van der Waals surface area contributed by atoms with E-state index in [1.54, 1.807) is 12.1 Å². The van der Waals surface area contributed by atoms with E-state index in [-0.39, 0.29) is 12.2 Å². The van der Waals surface area contributed by atoms with Gasteiger partial charge in [0.15, 0.2) is 17.3 Å². The lowest BCUT2D eigenvalue weighted by atomic mass is 10.1. The van der Waals surface area contributed by atoms with Crippen molar-refractivity contribution in [2.45, 2.75) is 45.7 Å². The molecule has 0 aliphatic rings. The Bertz CT molecular complexity index is 817. The van der Waals surface area contributed by atoms with Crippen LogP contribution in [0, 0.1) is 0 Å². The van der Waals surface area contributed by atoms with Crippen LogP contribution in [-0.2, 0) is 13.6 Å². The molecule has 2 aromatic rings. The van der Waals surface area contributed by atoms with E-state index in [0.717, 1.165) is 5.69 Å². The van der Waals surface area contributed by atoms with Crippen LogP contribution in [0.5, 0.6) is 17.2 Å². The van der Waals surface area contributed by atoms with Gasteiger partial charge in [-0.25, -0.2) is 0 Å². The number of anilines is 1. The molecule has 1 atom stereocenters. The first-order valence-corrected chi connectivity index (χ1v) is 11.4. The van der Waals surface area contributed by atoms with Crippen LogP contribution in [0.25, 0.3) is 0 Å². The van der Waals surface area contributed by atoms with E-state index in [9.17, 15) is 4.57 Å². The number of nitrogens with one attached hydrogen (secondary N) is 1. The first kappa shape index (κ1) is 24.1. The third-order valence-electron chi connectivity index (χ3n) is 4.11. The summed E-state index contributed by atoms with van der Waals surface area (Å²) in [7, 11) is 0.934. The van der Waals surface area contributed by atoms with E-state index >= 15 is 0 Å². The quantitative estimate of drug-likeness (QED) is 0.441. The molecule has 0 unspecified atom stereocenters. The Morgan fingerprint density at radius 2 is 1.30 bits per heavy atom. The van der Waals surface area contributed by atoms with Gasteiger partial charge >= 0.3 is 7.60 Å². The van der Waals surface area contributed by atoms with Crippen molar-refractivity contribution in [1.82, 2.24) is 0 Å². The first-order valence-electron chi connectivity index (χ1n) is 9.82. The van der Waals surface area contributed by atoms with Crippen LogP contribution < -0.4 is 19.5 Å². The summed E-state index contributed by atoms with van der Waals surface area (Å²) in [6, 6.07) is 13.0. The van der Waals surface area contributed by atoms with E-state index in [1.807, 2.05) is 58.0 Å². The zero-order chi connectivity index (χ0) is 22.3. The molecule has 2 aromatic carbocycles. The summed E-state index contributed by atoms with van der Waals surface area (Å²) < 4.78 is 42.3. The van der Waals surface area contributed by atoms with Crippen molar-refractivity contribution in [1.29, 1.82) is 0 Å². The minimum Gasteiger partial charge on any atom is -0.493 e. The van der Waals surface area contributed by atoms with Crippen molar-refractivity contribution in [2.75, 3.05) is 26.6 Å². The Hall–Kier alpha value is -2.21. The summed E-state index contributed by atoms with van der Waals surface area (Å²) >= 11 is 0. The predicted molar refractivity (Wildman–Crippen MR) is 119 cm³/mol. The molecule has 0 aliphatic heterocycles. The molecule has 8 heteroatoms. The highest BCUT2D eigenvalue weighted by Gasteiger charge is 2.40. The highest BCUT2D eigenvalue weighted by Crippen LogP contribution is 2.63. The summed E-state index contributed by atoms with van der Waals surface area (Å²) in [5.74, 6) is 0.546. The lowest BCUT2D eigenvalue weighted by molar-refractivity contribution is 0.138. The normalized spacial score (nSPS) is 12.7. The molecule has 166 valence electrons. The van der Waals surface area contributed by atoms with E-state index in [4.69, 9.17) is 23.3 Å². The zero-order valence-electron chi connectivity index (χ0n) is 18.7. The molecule has 1 N–H and O–H groups in total. The second-order valence-corrected chi connectivity index (χ2v) is 9.24. The van der Waals surface area contributed by atoms with Gasteiger partial charge in [0.2, 0.25) is 5.75 Å². The first-order chi connectivity index (χ1) is 14.2. The molecular formula is C22H32NO6P. The molecule has 7 nitrogen and oxygen atoms in total. The van der Waals surface area contributed by atoms with E-state index in [2.05, 4.69) is 5.32 Å². The van der Waals surface area contributed by atoms with Gasteiger partial charge in [0.05, 0.1) is 33.5 Å². The maximum absolute atomic E-state index is 14.1. The molecule has 0 heterocycles. The SMILES string of the molecule is COc1cc([C@H](Nc2ccccc2)P(=O)(OC(C)C)OC(C)C)cc(OC)c1OC. The van der Waals surface area contributed by atoms with Gasteiger partial charge in [0.1, 0.15) is 0 Å². The largest absolute Gasteiger partial charge is 0.493 e. The summed E-state index contributed by atoms with van der Waals surface area (Å²) in [4.78, 5) is 0. The van der Waals surface area contributed by atoms with Gasteiger partial charge in [-0.1, -0.05) is 18.2 Å². The Kier molecular flexibility index (Phi) is 8.59. The number of benzene rings is 2. The van der Waals surface area contributed by atoms with Gasteiger partial charge in [-0.05, 0) is 57.5 Å². The van der Waals surface area contributed by atoms with Crippen LogP contribution in [0.3, 0.4) is 0 Å². The van der Waals surface area contributed by atoms with Crippen molar-refractivity contribution in [3.8, 4) is 17.2 Å². The third kappa shape index (κ3) is 5.91. The molecule has 0 radical (unpaired) electrons. The van der Waals surface area contributed by atoms with E-state index in [1.165, 1.54) is 21.3 Å². The minimum atomic E-state index is -3.68. The fourth-order valence-electron chi connectivity index (χ4n) is 3.03. The van der Waals surface area contributed by atoms with Crippen molar-refractivity contribution in [3.63, 3.8) is 0 Å². The molecule has 0 spiro atoms. The van der Waals surface area contributed by atoms with E-state index in [0.29, 0.717) is 22.8 Å². The van der Waals surface area contributed by atoms with Gasteiger partial charge in [-0.2, -0.15) is 0 Å². The molecule has 0 fully saturated rings. The molecule has 0 aromatic heterocycles. The molecule has 0 saturated carbocycles. The van der Waals surface area contributed by atoms with Crippen LogP contribution in [0.2, 0.25) is 0 Å². The van der Waals surface area contributed by atoms with E-state index < -0.39 is 13.4 Å². The van der Waals surface area contributed by atoms with Gasteiger partial charge in [0, 0.05) is 5.69 Å². The summed E-state index contributed by atoms with van der Waals surface area (Å²) in [5, 5.41) is 3.32. The fraction of sp³-hybridized carbons (Fsp3) is 0.455. The summed E-state index contributed by atoms with van der Waals surface area (Å²) in [5.41, 5.74) is 1.40. The van der Waals surface area contributed by atoms with Gasteiger partial charge in [0.25, 0.3) is 0 Å². The highest BCUT2D eigenvalue weighted by atomic mass is 31.2. The standard InChI is InChI=1S/C22H32NO6P/c1-15(2)28-30(24,29-16(3)4)22(23-18-11-9-8-10-12-18)17-13-19(25-5)21(27-7)20(14-17)26-6/h8-16,22-23H,1-7H3/t22-/m1/s1. The molecule has 30 heavy (non-hydrogen) atoms. The van der Waals surface area contributed by atoms with Crippen molar-refractivity contribution in [3.05, 3.63) is 48.0 Å². The molecule has 0 saturated heterocycles.